The Bertz CT molecular complexity index is 666. The molecular weight excluding hydrogens is 410 g/mol. The molecule has 0 fully saturated rings. The summed E-state index contributed by atoms with van der Waals surface area (Å²) in [4.78, 5) is 31.9. The number of benzene rings is 1. The smallest absolute Gasteiger partial charge is 0.241 e. The lowest BCUT2D eigenvalue weighted by Gasteiger charge is -2.26. The Morgan fingerprint density at radius 3 is 2.22 bits per heavy atom. The van der Waals surface area contributed by atoms with Crippen molar-refractivity contribution in [1.82, 2.24) is 20.4 Å². The molecule has 0 aromatic heterocycles. The maximum atomic E-state index is 12.2. The zero-order valence-corrected chi connectivity index (χ0v) is 18.6. The summed E-state index contributed by atoms with van der Waals surface area (Å²) in [5, 5.41) is 5.97. The summed E-state index contributed by atoms with van der Waals surface area (Å²) in [5.74, 6) is 0.318. The van der Waals surface area contributed by atoms with Crippen LogP contribution in [-0.4, -0.2) is 67.3 Å². The molecule has 0 spiro atoms. The van der Waals surface area contributed by atoms with Crippen LogP contribution in [0, 0.1) is 0 Å². The van der Waals surface area contributed by atoms with Crippen LogP contribution in [0.4, 0.5) is 0 Å². The van der Waals surface area contributed by atoms with Crippen LogP contribution in [0.5, 0.6) is 0 Å². The molecule has 0 bridgehead atoms. The van der Waals surface area contributed by atoms with Gasteiger partial charge in [-0.25, -0.2) is 4.99 Å². The number of carbonyl (C=O) groups excluding carboxylic acids is 2. The third kappa shape index (κ3) is 9.42. The second-order valence-electron chi connectivity index (χ2n) is 7.56. The second-order valence-corrected chi connectivity index (χ2v) is 8.48. The van der Waals surface area contributed by atoms with Gasteiger partial charge >= 0.3 is 0 Å². The molecule has 0 aliphatic carbocycles. The number of amides is 2. The van der Waals surface area contributed by atoms with E-state index in [9.17, 15) is 9.59 Å². The van der Waals surface area contributed by atoms with E-state index >= 15 is 0 Å². The normalized spacial score (nSPS) is 11.7. The zero-order chi connectivity index (χ0) is 20.6. The summed E-state index contributed by atoms with van der Waals surface area (Å²) in [6.45, 7) is 6.48. The van der Waals surface area contributed by atoms with Gasteiger partial charge in [0.2, 0.25) is 11.8 Å². The first-order chi connectivity index (χ1) is 12.5. The first kappa shape index (κ1) is 23.0. The zero-order valence-electron chi connectivity index (χ0n) is 17.0. The fraction of sp³-hybridized carbons (Fsp3) is 0.526. The lowest BCUT2D eigenvalue weighted by Crippen LogP contribution is -2.50. The van der Waals surface area contributed by atoms with Crippen molar-refractivity contribution in [1.29, 1.82) is 0 Å². The summed E-state index contributed by atoms with van der Waals surface area (Å²) in [7, 11) is 5.17. The Morgan fingerprint density at radius 1 is 1.11 bits per heavy atom. The van der Waals surface area contributed by atoms with Crippen molar-refractivity contribution in [2.45, 2.75) is 32.9 Å². The molecule has 0 aliphatic rings. The number of nitrogens with zero attached hydrogens (tertiary/aromatic N) is 3. The highest BCUT2D eigenvalue weighted by Gasteiger charge is 2.17. The number of likely N-dealkylation sites (N-methyl/N-ethyl adjacent to an activating group) is 2. The average molecular weight is 440 g/mol. The number of halogens is 1. The van der Waals surface area contributed by atoms with E-state index in [4.69, 9.17) is 0 Å². The number of aliphatic imine (C=N–C) groups is 1. The van der Waals surface area contributed by atoms with Gasteiger partial charge in [0.25, 0.3) is 0 Å². The molecule has 150 valence electrons. The van der Waals surface area contributed by atoms with Crippen molar-refractivity contribution in [3.8, 4) is 0 Å². The van der Waals surface area contributed by atoms with E-state index in [-0.39, 0.29) is 30.4 Å². The highest BCUT2D eigenvalue weighted by molar-refractivity contribution is 9.10. The van der Waals surface area contributed by atoms with Crippen molar-refractivity contribution in [2.24, 2.45) is 4.99 Å². The van der Waals surface area contributed by atoms with Gasteiger partial charge in [-0.2, -0.15) is 0 Å². The van der Waals surface area contributed by atoms with E-state index in [1.54, 1.807) is 26.0 Å². The summed E-state index contributed by atoms with van der Waals surface area (Å²) in [6.07, 6.45) is 0. The molecular formula is C19H30BrN5O2. The summed E-state index contributed by atoms with van der Waals surface area (Å²) < 4.78 is 1.00. The van der Waals surface area contributed by atoms with E-state index < -0.39 is 0 Å². The first-order valence-electron chi connectivity index (χ1n) is 8.73. The van der Waals surface area contributed by atoms with Crippen molar-refractivity contribution >= 4 is 33.7 Å². The summed E-state index contributed by atoms with van der Waals surface area (Å²) >= 11 is 3.41. The number of carbonyl (C=O) groups is 2. The monoisotopic (exact) mass is 439 g/mol. The highest BCUT2D eigenvalue weighted by Crippen LogP contribution is 2.11. The van der Waals surface area contributed by atoms with E-state index in [1.165, 1.54) is 4.90 Å². The largest absolute Gasteiger partial charge is 0.350 e. The third-order valence-electron chi connectivity index (χ3n) is 3.48. The predicted octanol–water partition coefficient (Wildman–Crippen LogP) is 1.83. The molecule has 27 heavy (non-hydrogen) atoms. The Balaban J connectivity index is 2.84. The van der Waals surface area contributed by atoms with Crippen LogP contribution in [0.2, 0.25) is 0 Å². The van der Waals surface area contributed by atoms with Crippen LogP contribution in [0.3, 0.4) is 0 Å². The van der Waals surface area contributed by atoms with Gasteiger partial charge in [-0.15, -0.1) is 0 Å². The van der Waals surface area contributed by atoms with Crippen LogP contribution >= 0.6 is 15.9 Å². The lowest BCUT2D eigenvalue weighted by molar-refractivity contribution is -0.127. The molecule has 0 unspecified atom stereocenters. The Hall–Kier alpha value is -2.09. The minimum atomic E-state index is -0.305. The topological polar surface area (TPSA) is 77.0 Å². The fourth-order valence-corrected chi connectivity index (χ4v) is 2.39. The van der Waals surface area contributed by atoms with E-state index in [0.717, 1.165) is 10.0 Å². The molecule has 0 saturated carbocycles. The van der Waals surface area contributed by atoms with Gasteiger partial charge in [-0.05, 0) is 38.5 Å². The van der Waals surface area contributed by atoms with Crippen molar-refractivity contribution in [3.63, 3.8) is 0 Å². The van der Waals surface area contributed by atoms with Gasteiger partial charge in [-0.1, -0.05) is 28.1 Å². The molecule has 2 N–H and O–H groups in total. The fourth-order valence-electron chi connectivity index (χ4n) is 2.13. The van der Waals surface area contributed by atoms with Gasteiger partial charge in [0.15, 0.2) is 5.96 Å². The molecule has 0 heterocycles. The van der Waals surface area contributed by atoms with E-state index in [1.807, 2.05) is 45.0 Å². The van der Waals surface area contributed by atoms with E-state index in [0.29, 0.717) is 12.5 Å². The number of nitrogens with one attached hydrogen (secondary N) is 2. The Labute approximate surface area is 170 Å². The predicted molar refractivity (Wildman–Crippen MR) is 113 cm³/mol. The van der Waals surface area contributed by atoms with Crippen LogP contribution in [0.15, 0.2) is 33.7 Å². The van der Waals surface area contributed by atoms with Crippen LogP contribution in [0.1, 0.15) is 26.3 Å². The Morgan fingerprint density at radius 2 is 1.70 bits per heavy atom. The molecule has 0 radical (unpaired) electrons. The van der Waals surface area contributed by atoms with Gasteiger partial charge in [0, 0.05) is 31.2 Å². The minimum Gasteiger partial charge on any atom is -0.350 e. The number of rotatable bonds is 6. The van der Waals surface area contributed by atoms with Crippen molar-refractivity contribution in [2.75, 3.05) is 34.2 Å². The SMILES string of the molecule is CN(C)C(=O)CNC(=NCc1ccc(Br)cc1)N(C)CC(=O)NC(C)(C)C. The number of hydrogen-bond acceptors (Lipinski definition) is 3. The highest BCUT2D eigenvalue weighted by atomic mass is 79.9. The van der Waals surface area contributed by atoms with Gasteiger partial charge < -0.3 is 20.4 Å². The first-order valence-corrected chi connectivity index (χ1v) is 9.52. The van der Waals surface area contributed by atoms with Gasteiger partial charge in [0.05, 0.1) is 19.6 Å². The molecule has 0 atom stereocenters. The molecule has 0 saturated heterocycles. The molecule has 1 rings (SSSR count). The van der Waals surface area contributed by atoms with Crippen LogP contribution in [0.25, 0.3) is 0 Å². The van der Waals surface area contributed by atoms with Gasteiger partial charge in [-0.3, -0.25) is 9.59 Å². The second kappa shape index (κ2) is 10.3. The van der Waals surface area contributed by atoms with Gasteiger partial charge in [0.1, 0.15) is 0 Å². The van der Waals surface area contributed by atoms with Crippen molar-refractivity contribution in [3.05, 3.63) is 34.3 Å². The maximum absolute atomic E-state index is 12.2. The van der Waals surface area contributed by atoms with Crippen molar-refractivity contribution < 1.29 is 9.59 Å². The molecule has 2 amide bonds. The summed E-state index contributed by atoms with van der Waals surface area (Å²) in [5.41, 5.74) is 0.727. The standard InChI is InChI=1S/C19H30BrN5O2/c1-19(2,3)23-16(26)13-25(6)18(22-12-17(27)24(4)5)21-11-14-7-9-15(20)10-8-14/h7-10H,11-13H2,1-6H3,(H,21,22)(H,23,26). The molecule has 7 nitrogen and oxygen atoms in total. The Kier molecular flexibility index (Phi) is 8.75. The minimum absolute atomic E-state index is 0.0705. The summed E-state index contributed by atoms with van der Waals surface area (Å²) in [6, 6.07) is 7.85. The molecule has 8 heteroatoms. The van der Waals surface area contributed by atoms with E-state index in [2.05, 4.69) is 31.6 Å². The molecule has 1 aromatic rings. The molecule has 0 aliphatic heterocycles. The maximum Gasteiger partial charge on any atom is 0.241 e. The lowest BCUT2D eigenvalue weighted by atomic mass is 10.1. The average Bonchev–Trinajstić information content (AvgIpc) is 2.54. The quantitative estimate of drug-likeness (QED) is 0.523. The van der Waals surface area contributed by atoms with Crippen LogP contribution < -0.4 is 10.6 Å². The number of hydrogen-bond donors (Lipinski definition) is 2. The van der Waals surface area contributed by atoms with Crippen LogP contribution in [-0.2, 0) is 16.1 Å². The molecule has 1 aromatic carbocycles. The number of guanidine groups is 1. The third-order valence-corrected chi connectivity index (χ3v) is 4.01.